The quantitative estimate of drug-likeness (QED) is 0.507. The van der Waals surface area contributed by atoms with Crippen molar-refractivity contribution in [3.05, 3.63) is 45.2 Å². The van der Waals surface area contributed by atoms with Crippen molar-refractivity contribution in [3.8, 4) is 0 Å². The molecule has 0 radical (unpaired) electrons. The van der Waals surface area contributed by atoms with Crippen molar-refractivity contribution in [2.45, 2.75) is 57.6 Å². The summed E-state index contributed by atoms with van der Waals surface area (Å²) < 4.78 is 7.71. The van der Waals surface area contributed by atoms with E-state index >= 15 is 0 Å². The molecule has 174 valence electrons. The zero-order valence-electron chi connectivity index (χ0n) is 18.7. The molecule has 2 aromatic heterocycles. The highest BCUT2D eigenvalue weighted by molar-refractivity contribution is 8.26. The van der Waals surface area contributed by atoms with Crippen molar-refractivity contribution in [2.24, 2.45) is 5.92 Å². The minimum atomic E-state index is -0.198. The van der Waals surface area contributed by atoms with Gasteiger partial charge in [0.05, 0.1) is 23.1 Å². The minimum absolute atomic E-state index is 0.0192. The van der Waals surface area contributed by atoms with E-state index in [9.17, 15) is 9.59 Å². The summed E-state index contributed by atoms with van der Waals surface area (Å²) in [5, 5.41) is 3.52. The minimum Gasteiger partial charge on any atom is -0.376 e. The number of pyridine rings is 1. The maximum Gasteiger partial charge on any atom is 0.267 e. The molecule has 3 aliphatic rings. The molecule has 1 aliphatic carbocycles. The number of thiocarbonyl (C=S) groups is 1. The summed E-state index contributed by atoms with van der Waals surface area (Å²) in [5.74, 6) is 1.09. The molecule has 5 rings (SSSR count). The Balaban J connectivity index is 1.49. The summed E-state index contributed by atoms with van der Waals surface area (Å²) in [5.41, 5.74) is 0.781. The van der Waals surface area contributed by atoms with Crippen molar-refractivity contribution in [2.75, 3.05) is 18.5 Å². The standard InChI is InChI=1S/C24H28N4O3S2/c1-15-7-9-16(10-8-15)25-21-18(22(29)27-11-3-2-6-20(27)26-21)13-19-23(30)28(24(32)33-19)14-17-5-4-12-31-17/h2-3,6,11,13,15-17,25H,4-5,7-10,12,14H2,1H3. The van der Waals surface area contributed by atoms with Gasteiger partial charge in [0, 0.05) is 18.8 Å². The maximum atomic E-state index is 13.4. The number of nitrogens with zero attached hydrogens (tertiary/aromatic N) is 3. The second-order valence-corrected chi connectivity index (χ2v) is 10.8. The summed E-state index contributed by atoms with van der Waals surface area (Å²) in [4.78, 5) is 33.4. The summed E-state index contributed by atoms with van der Waals surface area (Å²) in [6, 6.07) is 5.75. The molecule has 1 amide bonds. The number of aromatic nitrogens is 2. The zero-order chi connectivity index (χ0) is 22.9. The Morgan fingerprint density at radius 1 is 1.24 bits per heavy atom. The SMILES string of the molecule is CC1CCC(Nc2nc3ccccn3c(=O)c2C=C2SC(=S)N(CC3CCCO3)C2=O)CC1. The van der Waals surface area contributed by atoms with Gasteiger partial charge in [0.15, 0.2) is 0 Å². The first kappa shape index (κ1) is 22.6. The number of rotatable bonds is 5. The van der Waals surface area contributed by atoms with E-state index in [1.807, 2.05) is 12.1 Å². The molecular formula is C24H28N4O3S2. The van der Waals surface area contributed by atoms with Crippen LogP contribution in [0.15, 0.2) is 34.1 Å². The highest BCUT2D eigenvalue weighted by atomic mass is 32.2. The third-order valence-corrected chi connectivity index (χ3v) is 8.06. The fraction of sp³-hybridized carbons (Fsp3) is 0.500. The Hall–Kier alpha value is -2.23. The largest absolute Gasteiger partial charge is 0.376 e. The number of hydrogen-bond acceptors (Lipinski definition) is 7. The van der Waals surface area contributed by atoms with Gasteiger partial charge < -0.3 is 10.1 Å². The number of carbonyl (C=O) groups excluding carboxylic acids is 1. The van der Waals surface area contributed by atoms with E-state index in [0.717, 1.165) is 51.0 Å². The molecule has 2 saturated heterocycles. The van der Waals surface area contributed by atoms with E-state index in [2.05, 4.69) is 12.2 Å². The molecule has 2 aromatic rings. The number of anilines is 1. The summed E-state index contributed by atoms with van der Waals surface area (Å²) in [6.07, 6.45) is 9.71. The highest BCUT2D eigenvalue weighted by Crippen LogP contribution is 2.34. The van der Waals surface area contributed by atoms with Crippen LogP contribution in [-0.2, 0) is 9.53 Å². The number of amides is 1. The van der Waals surface area contributed by atoms with Crippen LogP contribution in [0.4, 0.5) is 5.82 Å². The molecule has 2 aliphatic heterocycles. The van der Waals surface area contributed by atoms with Crippen LogP contribution in [-0.4, -0.2) is 49.8 Å². The van der Waals surface area contributed by atoms with Crippen LogP contribution in [0.1, 0.15) is 51.0 Å². The van der Waals surface area contributed by atoms with Gasteiger partial charge in [0.25, 0.3) is 11.5 Å². The van der Waals surface area contributed by atoms with E-state index in [0.29, 0.717) is 32.8 Å². The van der Waals surface area contributed by atoms with Crippen molar-refractivity contribution in [1.82, 2.24) is 14.3 Å². The fourth-order valence-electron chi connectivity index (χ4n) is 4.72. The van der Waals surface area contributed by atoms with Gasteiger partial charge in [0.1, 0.15) is 15.8 Å². The van der Waals surface area contributed by atoms with Gasteiger partial charge in [-0.1, -0.05) is 37.0 Å². The number of nitrogens with one attached hydrogen (secondary N) is 1. The van der Waals surface area contributed by atoms with Crippen molar-refractivity contribution in [1.29, 1.82) is 0 Å². The van der Waals surface area contributed by atoms with Crippen molar-refractivity contribution in [3.63, 3.8) is 0 Å². The molecule has 1 atom stereocenters. The van der Waals surface area contributed by atoms with Gasteiger partial charge in [-0.3, -0.25) is 18.9 Å². The number of hydrogen-bond donors (Lipinski definition) is 1. The Morgan fingerprint density at radius 2 is 2.06 bits per heavy atom. The van der Waals surface area contributed by atoms with Crippen LogP contribution in [0.2, 0.25) is 0 Å². The van der Waals surface area contributed by atoms with E-state index in [1.54, 1.807) is 23.2 Å². The van der Waals surface area contributed by atoms with E-state index in [-0.39, 0.29) is 23.6 Å². The van der Waals surface area contributed by atoms with Gasteiger partial charge in [-0.05, 0) is 62.7 Å². The summed E-state index contributed by atoms with van der Waals surface area (Å²) in [7, 11) is 0. The molecule has 4 heterocycles. The lowest BCUT2D eigenvalue weighted by atomic mass is 9.87. The first-order valence-corrected chi connectivity index (χ1v) is 12.9. The number of thioether (sulfide) groups is 1. The number of carbonyl (C=O) groups is 1. The average Bonchev–Trinajstić information content (AvgIpc) is 3.42. The molecule has 0 aromatic carbocycles. The van der Waals surface area contributed by atoms with Gasteiger partial charge in [-0.15, -0.1) is 0 Å². The van der Waals surface area contributed by atoms with Crippen molar-refractivity contribution >= 4 is 51.7 Å². The Bertz CT molecular complexity index is 1160. The molecule has 0 spiro atoms. The number of ether oxygens (including phenoxy) is 1. The van der Waals surface area contributed by atoms with E-state index in [4.69, 9.17) is 21.9 Å². The predicted octanol–water partition coefficient (Wildman–Crippen LogP) is 4.07. The third-order valence-electron chi connectivity index (χ3n) is 6.68. The first-order chi connectivity index (χ1) is 16.0. The maximum absolute atomic E-state index is 13.4. The predicted molar refractivity (Wildman–Crippen MR) is 135 cm³/mol. The van der Waals surface area contributed by atoms with Crippen molar-refractivity contribution < 1.29 is 9.53 Å². The van der Waals surface area contributed by atoms with Gasteiger partial charge in [0.2, 0.25) is 0 Å². The van der Waals surface area contributed by atoms with Crippen LogP contribution in [0.25, 0.3) is 11.7 Å². The molecule has 9 heteroatoms. The lowest BCUT2D eigenvalue weighted by Crippen LogP contribution is -2.35. The monoisotopic (exact) mass is 484 g/mol. The molecule has 0 bridgehead atoms. The van der Waals surface area contributed by atoms with Crippen LogP contribution < -0.4 is 10.9 Å². The Labute approximate surface area is 202 Å². The summed E-state index contributed by atoms with van der Waals surface area (Å²) >= 11 is 6.73. The molecular weight excluding hydrogens is 456 g/mol. The highest BCUT2D eigenvalue weighted by Gasteiger charge is 2.35. The lowest BCUT2D eigenvalue weighted by molar-refractivity contribution is -0.123. The van der Waals surface area contributed by atoms with Crippen LogP contribution in [0.5, 0.6) is 0 Å². The fourth-order valence-corrected chi connectivity index (χ4v) is 5.98. The molecule has 33 heavy (non-hydrogen) atoms. The molecule has 3 fully saturated rings. The second-order valence-electron chi connectivity index (χ2n) is 9.14. The van der Waals surface area contributed by atoms with Gasteiger partial charge in [-0.25, -0.2) is 4.98 Å². The van der Waals surface area contributed by atoms with E-state index in [1.165, 1.54) is 16.2 Å². The average molecular weight is 485 g/mol. The van der Waals surface area contributed by atoms with Crippen LogP contribution >= 0.6 is 24.0 Å². The lowest BCUT2D eigenvalue weighted by Gasteiger charge is -2.27. The third kappa shape index (κ3) is 4.72. The smallest absolute Gasteiger partial charge is 0.267 e. The number of fused-ring (bicyclic) bond motifs is 1. The molecule has 1 saturated carbocycles. The topological polar surface area (TPSA) is 75.9 Å². The molecule has 7 nitrogen and oxygen atoms in total. The molecule has 1 N–H and O–H groups in total. The summed E-state index contributed by atoms with van der Waals surface area (Å²) in [6.45, 7) is 3.47. The normalized spacial score (nSPS) is 27.1. The zero-order valence-corrected chi connectivity index (χ0v) is 20.3. The molecule has 1 unspecified atom stereocenters. The van der Waals surface area contributed by atoms with Crippen LogP contribution in [0.3, 0.4) is 0 Å². The van der Waals surface area contributed by atoms with Gasteiger partial charge >= 0.3 is 0 Å². The van der Waals surface area contributed by atoms with Gasteiger partial charge in [-0.2, -0.15) is 0 Å². The van der Waals surface area contributed by atoms with Crippen LogP contribution in [0, 0.1) is 5.92 Å². The Kier molecular flexibility index (Phi) is 6.53. The second kappa shape index (κ2) is 9.56. The van der Waals surface area contributed by atoms with E-state index < -0.39 is 0 Å². The first-order valence-electron chi connectivity index (χ1n) is 11.6. The Morgan fingerprint density at radius 3 is 2.82 bits per heavy atom.